The highest BCUT2D eigenvalue weighted by Crippen LogP contribution is 2.31. The third kappa shape index (κ3) is 3.85. The summed E-state index contributed by atoms with van der Waals surface area (Å²) in [6.45, 7) is 6.20. The third-order valence-electron chi connectivity index (χ3n) is 4.45. The van der Waals surface area contributed by atoms with E-state index in [1.54, 1.807) is 6.20 Å². The molecule has 3 rings (SSSR count). The average Bonchev–Trinajstić information content (AvgIpc) is 2.89. The minimum absolute atomic E-state index is 0.573. The molecule has 0 bridgehead atoms. The van der Waals surface area contributed by atoms with Crippen LogP contribution in [0.3, 0.4) is 0 Å². The highest BCUT2D eigenvalue weighted by molar-refractivity contribution is 7.80. The summed E-state index contributed by atoms with van der Waals surface area (Å²) in [6, 6.07) is 13.2. The van der Waals surface area contributed by atoms with Gasteiger partial charge < -0.3 is 15.5 Å². The van der Waals surface area contributed by atoms with Gasteiger partial charge >= 0.3 is 0 Å². The van der Waals surface area contributed by atoms with Crippen LogP contribution in [0.4, 0.5) is 11.5 Å². The molecule has 5 heteroatoms. The normalized spacial score (nSPS) is 15.9. The van der Waals surface area contributed by atoms with Crippen LogP contribution in [-0.2, 0) is 6.42 Å². The van der Waals surface area contributed by atoms with E-state index in [0.717, 1.165) is 37.3 Å². The fourth-order valence-corrected chi connectivity index (χ4v) is 3.39. The first-order valence-electron chi connectivity index (χ1n) is 8.46. The molecule has 0 amide bonds. The smallest absolute Gasteiger partial charge is 0.171 e. The summed E-state index contributed by atoms with van der Waals surface area (Å²) in [5.74, 6) is 0.817. The monoisotopic (exact) mass is 340 g/mol. The van der Waals surface area contributed by atoms with Crippen molar-refractivity contribution in [2.45, 2.75) is 32.7 Å². The number of rotatable bonds is 5. The van der Waals surface area contributed by atoms with Crippen molar-refractivity contribution in [3.8, 4) is 0 Å². The van der Waals surface area contributed by atoms with Crippen molar-refractivity contribution in [1.82, 2.24) is 10.3 Å². The number of nitrogens with one attached hydrogen (secondary N) is 2. The minimum Gasteiger partial charge on any atom is -0.368 e. The Morgan fingerprint density at radius 2 is 2.12 bits per heavy atom. The molecule has 2 N–H and O–H groups in total. The molecule has 0 aliphatic carbocycles. The Hall–Kier alpha value is -2.14. The largest absolute Gasteiger partial charge is 0.368 e. The van der Waals surface area contributed by atoms with E-state index in [-0.39, 0.29) is 0 Å². The summed E-state index contributed by atoms with van der Waals surface area (Å²) in [4.78, 5) is 6.79. The van der Waals surface area contributed by atoms with Gasteiger partial charge in [0, 0.05) is 31.0 Å². The Kier molecular flexibility index (Phi) is 5.30. The zero-order valence-corrected chi connectivity index (χ0v) is 15.1. The van der Waals surface area contributed by atoms with Crippen molar-refractivity contribution < 1.29 is 0 Å². The molecule has 0 fully saturated rings. The highest BCUT2D eigenvalue weighted by Gasteiger charge is 2.24. The van der Waals surface area contributed by atoms with Crippen molar-refractivity contribution in [3.05, 3.63) is 53.7 Å². The second-order valence-electron chi connectivity index (χ2n) is 6.28. The van der Waals surface area contributed by atoms with Crippen molar-refractivity contribution in [3.63, 3.8) is 0 Å². The minimum atomic E-state index is 0.573. The molecule has 1 aliphatic heterocycles. The highest BCUT2D eigenvalue weighted by atomic mass is 32.1. The van der Waals surface area contributed by atoms with E-state index >= 15 is 0 Å². The first-order chi connectivity index (χ1) is 11.6. The van der Waals surface area contributed by atoms with Crippen LogP contribution >= 0.6 is 12.2 Å². The van der Waals surface area contributed by atoms with Crippen LogP contribution < -0.4 is 15.5 Å². The SMILES string of the molecule is Cc1cccnc1NC(=S)NCCCN1c2ccccc2C[C@H]1C. The summed E-state index contributed by atoms with van der Waals surface area (Å²) >= 11 is 5.35. The molecule has 1 atom stereocenters. The molecule has 2 heterocycles. The fraction of sp³-hybridized carbons (Fsp3) is 0.368. The van der Waals surface area contributed by atoms with Crippen LogP contribution in [0.1, 0.15) is 24.5 Å². The number of para-hydroxylation sites is 1. The van der Waals surface area contributed by atoms with Crippen LogP contribution in [0, 0.1) is 6.92 Å². The Balaban J connectivity index is 1.44. The van der Waals surface area contributed by atoms with Gasteiger partial charge in [0.2, 0.25) is 0 Å². The number of pyridine rings is 1. The van der Waals surface area contributed by atoms with Gasteiger partial charge in [-0.2, -0.15) is 0 Å². The number of thiocarbonyl (C=S) groups is 1. The van der Waals surface area contributed by atoms with Gasteiger partial charge in [-0.15, -0.1) is 0 Å². The topological polar surface area (TPSA) is 40.2 Å². The van der Waals surface area contributed by atoms with E-state index < -0.39 is 0 Å². The van der Waals surface area contributed by atoms with E-state index in [0.29, 0.717) is 11.2 Å². The maximum atomic E-state index is 5.35. The summed E-state index contributed by atoms with van der Waals surface area (Å²) in [7, 11) is 0. The quantitative estimate of drug-likeness (QED) is 0.644. The number of hydrogen-bond acceptors (Lipinski definition) is 3. The molecule has 1 aliphatic rings. The van der Waals surface area contributed by atoms with E-state index in [9.17, 15) is 0 Å². The van der Waals surface area contributed by atoms with Gasteiger partial charge in [0.1, 0.15) is 5.82 Å². The predicted octanol–water partition coefficient (Wildman–Crippen LogP) is 3.52. The van der Waals surface area contributed by atoms with E-state index in [4.69, 9.17) is 12.2 Å². The van der Waals surface area contributed by atoms with Gasteiger partial charge in [-0.3, -0.25) is 0 Å². The van der Waals surface area contributed by atoms with Gasteiger partial charge in [-0.1, -0.05) is 24.3 Å². The molecule has 1 aromatic heterocycles. The summed E-state index contributed by atoms with van der Waals surface area (Å²) in [5, 5.41) is 7.06. The molecule has 1 aromatic carbocycles. The van der Waals surface area contributed by atoms with Crippen LogP contribution in [-0.4, -0.2) is 29.2 Å². The van der Waals surface area contributed by atoms with Gasteiger partial charge in [0.25, 0.3) is 0 Å². The van der Waals surface area contributed by atoms with Crippen LogP contribution in [0.25, 0.3) is 0 Å². The van der Waals surface area contributed by atoms with E-state index in [1.807, 2.05) is 19.1 Å². The van der Waals surface area contributed by atoms with Crippen molar-refractivity contribution in [2.75, 3.05) is 23.3 Å². The number of nitrogens with zero attached hydrogens (tertiary/aromatic N) is 2. The first-order valence-corrected chi connectivity index (χ1v) is 8.87. The molecule has 0 saturated carbocycles. The van der Waals surface area contributed by atoms with Crippen LogP contribution in [0.5, 0.6) is 0 Å². The molecule has 0 unspecified atom stereocenters. The zero-order valence-electron chi connectivity index (χ0n) is 14.2. The van der Waals surface area contributed by atoms with Crippen LogP contribution in [0.2, 0.25) is 0 Å². The lowest BCUT2D eigenvalue weighted by Gasteiger charge is -2.25. The lowest BCUT2D eigenvalue weighted by molar-refractivity contribution is 0.641. The molecule has 0 saturated heterocycles. The van der Waals surface area contributed by atoms with Crippen molar-refractivity contribution in [2.24, 2.45) is 0 Å². The number of aryl methyl sites for hydroxylation is 1. The summed E-state index contributed by atoms with van der Waals surface area (Å²) in [6.07, 6.45) is 3.95. The van der Waals surface area contributed by atoms with Crippen molar-refractivity contribution in [1.29, 1.82) is 0 Å². The van der Waals surface area contributed by atoms with Gasteiger partial charge in [-0.25, -0.2) is 4.98 Å². The molecule has 0 spiro atoms. The third-order valence-corrected chi connectivity index (χ3v) is 4.70. The van der Waals surface area contributed by atoms with Gasteiger partial charge in [0.15, 0.2) is 5.11 Å². The molecule has 2 aromatic rings. The Morgan fingerprint density at radius 3 is 2.96 bits per heavy atom. The van der Waals surface area contributed by atoms with Crippen molar-refractivity contribution >= 4 is 28.8 Å². The Morgan fingerprint density at radius 1 is 1.29 bits per heavy atom. The first kappa shape index (κ1) is 16.7. The summed E-state index contributed by atoms with van der Waals surface area (Å²) in [5.41, 5.74) is 3.93. The standard InChI is InChI=1S/C19H24N4S/c1-14-7-5-10-20-18(14)22-19(24)21-11-6-12-23-15(2)13-16-8-3-4-9-17(16)23/h3-5,7-10,15H,6,11-13H2,1-2H3,(H2,20,21,22,24)/t15-/m1/s1. The second-order valence-corrected chi connectivity index (χ2v) is 6.69. The van der Waals surface area contributed by atoms with Crippen LogP contribution in [0.15, 0.2) is 42.6 Å². The molecule has 24 heavy (non-hydrogen) atoms. The predicted molar refractivity (Wildman–Crippen MR) is 105 cm³/mol. The molecule has 126 valence electrons. The number of hydrogen-bond donors (Lipinski definition) is 2. The fourth-order valence-electron chi connectivity index (χ4n) is 3.19. The lowest BCUT2D eigenvalue weighted by Crippen LogP contribution is -2.34. The summed E-state index contributed by atoms with van der Waals surface area (Å²) < 4.78 is 0. The Labute approximate surface area is 149 Å². The molecule has 0 radical (unpaired) electrons. The maximum absolute atomic E-state index is 5.35. The number of aromatic nitrogens is 1. The molecule has 4 nitrogen and oxygen atoms in total. The number of benzene rings is 1. The number of anilines is 2. The lowest BCUT2D eigenvalue weighted by atomic mass is 10.1. The molecular formula is C19H24N4S. The van der Waals surface area contributed by atoms with E-state index in [1.165, 1.54) is 11.3 Å². The van der Waals surface area contributed by atoms with E-state index in [2.05, 4.69) is 51.7 Å². The number of fused-ring (bicyclic) bond motifs is 1. The maximum Gasteiger partial charge on any atom is 0.171 e. The Bertz CT molecular complexity index is 716. The zero-order chi connectivity index (χ0) is 16.9. The van der Waals surface area contributed by atoms with Gasteiger partial charge in [-0.05, 0) is 62.2 Å². The van der Waals surface area contributed by atoms with Gasteiger partial charge in [0.05, 0.1) is 0 Å². The second kappa shape index (κ2) is 7.62. The molecular weight excluding hydrogens is 316 g/mol. The average molecular weight is 340 g/mol.